The van der Waals surface area contributed by atoms with Gasteiger partial charge in [-0.3, -0.25) is 4.79 Å². The number of allylic oxidation sites excluding steroid dienone is 2. The first-order valence-corrected chi connectivity index (χ1v) is 8.44. The number of rotatable bonds is 4. The van der Waals surface area contributed by atoms with Gasteiger partial charge in [-0.2, -0.15) is 13.2 Å². The first-order chi connectivity index (χ1) is 12.7. The summed E-state index contributed by atoms with van der Waals surface area (Å²) in [5.41, 5.74) is 8.33. The third-order valence-electron chi connectivity index (χ3n) is 4.55. The second kappa shape index (κ2) is 6.95. The number of hydrogen-bond acceptors (Lipinski definition) is 2. The van der Waals surface area contributed by atoms with Gasteiger partial charge in [-0.15, -0.1) is 0 Å². The number of fused-ring (bicyclic) bond motifs is 1. The Hall–Kier alpha value is -3.02. The van der Waals surface area contributed by atoms with E-state index in [0.717, 1.165) is 17.7 Å². The second-order valence-electron chi connectivity index (χ2n) is 6.33. The lowest BCUT2D eigenvalue weighted by Gasteiger charge is -2.09. The maximum Gasteiger partial charge on any atom is 0.416 e. The molecular formula is C21H18F3NO2. The lowest BCUT2D eigenvalue weighted by molar-refractivity contribution is -0.137. The van der Waals surface area contributed by atoms with Gasteiger partial charge in [0.1, 0.15) is 5.75 Å². The van der Waals surface area contributed by atoms with Crippen molar-refractivity contribution in [3.63, 3.8) is 0 Å². The molecule has 0 spiro atoms. The predicted octanol–water partition coefficient (Wildman–Crippen LogP) is 5.00. The van der Waals surface area contributed by atoms with Crippen molar-refractivity contribution in [1.29, 1.82) is 0 Å². The van der Waals surface area contributed by atoms with E-state index >= 15 is 0 Å². The molecule has 0 unspecified atom stereocenters. The number of amides is 1. The van der Waals surface area contributed by atoms with E-state index in [1.165, 1.54) is 12.1 Å². The Kier molecular flexibility index (Phi) is 4.83. The van der Waals surface area contributed by atoms with E-state index in [4.69, 9.17) is 5.73 Å². The summed E-state index contributed by atoms with van der Waals surface area (Å²) >= 11 is 0. The highest BCUT2D eigenvalue weighted by molar-refractivity contribution is 6.09. The molecule has 0 fully saturated rings. The predicted molar refractivity (Wildman–Crippen MR) is 98.4 cm³/mol. The van der Waals surface area contributed by atoms with Gasteiger partial charge in [0.2, 0.25) is 5.91 Å². The molecular weight excluding hydrogens is 355 g/mol. The Bertz CT molecular complexity index is 972. The molecule has 140 valence electrons. The standard InChI is InChI=1S/C21H18F3NO2/c1-2-14-16(10-12-5-3-6-13(9-12)21(22,23)24)15-7-4-8-18(26)20(15)17(14)11-19(25)27/h3-10,26H,2,11H2,1H3,(H2,25,27)/b16-10-. The van der Waals surface area contributed by atoms with Crippen LogP contribution in [0.15, 0.2) is 48.0 Å². The molecule has 27 heavy (non-hydrogen) atoms. The molecule has 2 aromatic carbocycles. The fraction of sp³-hybridized carbons (Fsp3) is 0.190. The zero-order valence-corrected chi connectivity index (χ0v) is 14.6. The van der Waals surface area contributed by atoms with E-state index in [1.54, 1.807) is 24.3 Å². The summed E-state index contributed by atoms with van der Waals surface area (Å²) in [5, 5.41) is 10.3. The molecule has 0 radical (unpaired) electrons. The fourth-order valence-electron chi connectivity index (χ4n) is 3.47. The van der Waals surface area contributed by atoms with Crippen LogP contribution in [-0.2, 0) is 11.0 Å². The van der Waals surface area contributed by atoms with Gasteiger partial charge < -0.3 is 10.8 Å². The van der Waals surface area contributed by atoms with Crippen molar-refractivity contribution < 1.29 is 23.1 Å². The van der Waals surface area contributed by atoms with Gasteiger partial charge in [-0.05, 0) is 58.5 Å². The normalized spacial score (nSPS) is 15.3. The maximum absolute atomic E-state index is 13.0. The van der Waals surface area contributed by atoms with E-state index in [2.05, 4.69) is 0 Å². The molecule has 0 aliphatic heterocycles. The molecule has 0 saturated carbocycles. The summed E-state index contributed by atoms with van der Waals surface area (Å²) in [4.78, 5) is 11.5. The van der Waals surface area contributed by atoms with Crippen LogP contribution in [0.2, 0.25) is 0 Å². The van der Waals surface area contributed by atoms with Crippen molar-refractivity contribution in [2.24, 2.45) is 5.73 Å². The molecule has 2 aromatic rings. The van der Waals surface area contributed by atoms with Crippen molar-refractivity contribution in [2.45, 2.75) is 25.9 Å². The minimum absolute atomic E-state index is 0.0159. The average Bonchev–Trinajstić information content (AvgIpc) is 2.88. The van der Waals surface area contributed by atoms with Crippen LogP contribution in [0.4, 0.5) is 13.2 Å². The number of nitrogens with two attached hydrogens (primary N) is 1. The van der Waals surface area contributed by atoms with Crippen molar-refractivity contribution in [3.05, 3.63) is 70.3 Å². The average molecular weight is 373 g/mol. The molecule has 0 aromatic heterocycles. The highest BCUT2D eigenvalue weighted by atomic mass is 19.4. The van der Waals surface area contributed by atoms with Crippen LogP contribution in [0, 0.1) is 0 Å². The van der Waals surface area contributed by atoms with E-state index in [0.29, 0.717) is 34.3 Å². The lowest BCUT2D eigenvalue weighted by Crippen LogP contribution is -2.11. The Morgan fingerprint density at radius 3 is 2.48 bits per heavy atom. The van der Waals surface area contributed by atoms with Gasteiger partial charge in [0.25, 0.3) is 0 Å². The van der Waals surface area contributed by atoms with Gasteiger partial charge in [0.15, 0.2) is 0 Å². The Labute approximate surface area is 154 Å². The van der Waals surface area contributed by atoms with Crippen LogP contribution < -0.4 is 5.73 Å². The molecule has 3 nitrogen and oxygen atoms in total. The SMILES string of the molecule is CCC1=C(CC(N)=O)c2c(O)cccc2/C1=C\c1cccc(C(F)(F)F)c1. The monoisotopic (exact) mass is 373 g/mol. The second-order valence-corrected chi connectivity index (χ2v) is 6.33. The minimum atomic E-state index is -4.43. The van der Waals surface area contributed by atoms with Crippen LogP contribution in [0.1, 0.15) is 42.0 Å². The quantitative estimate of drug-likeness (QED) is 0.792. The van der Waals surface area contributed by atoms with E-state index in [1.807, 2.05) is 6.92 Å². The van der Waals surface area contributed by atoms with Crippen LogP contribution in [0.5, 0.6) is 5.75 Å². The Morgan fingerprint density at radius 1 is 1.15 bits per heavy atom. The molecule has 3 N–H and O–H groups in total. The molecule has 3 rings (SSSR count). The molecule has 1 aliphatic carbocycles. The molecule has 0 atom stereocenters. The molecule has 1 aliphatic rings. The third-order valence-corrected chi connectivity index (χ3v) is 4.55. The number of phenols is 1. The molecule has 1 amide bonds. The number of benzene rings is 2. The van der Waals surface area contributed by atoms with Gasteiger partial charge in [-0.1, -0.05) is 31.2 Å². The Balaban J connectivity index is 2.20. The zero-order chi connectivity index (χ0) is 19.8. The van der Waals surface area contributed by atoms with Gasteiger partial charge in [0, 0.05) is 5.56 Å². The van der Waals surface area contributed by atoms with Crippen molar-refractivity contribution in [3.8, 4) is 5.75 Å². The first kappa shape index (κ1) is 18.8. The highest BCUT2D eigenvalue weighted by Gasteiger charge is 2.31. The largest absolute Gasteiger partial charge is 0.507 e. The van der Waals surface area contributed by atoms with E-state index in [9.17, 15) is 23.1 Å². The zero-order valence-electron chi connectivity index (χ0n) is 14.6. The molecule has 0 bridgehead atoms. The fourth-order valence-corrected chi connectivity index (χ4v) is 3.47. The van der Waals surface area contributed by atoms with Gasteiger partial charge >= 0.3 is 6.18 Å². The van der Waals surface area contributed by atoms with E-state index < -0.39 is 17.6 Å². The summed E-state index contributed by atoms with van der Waals surface area (Å²) in [6.45, 7) is 1.89. The van der Waals surface area contributed by atoms with Crippen LogP contribution in [0.3, 0.4) is 0 Å². The summed E-state index contributed by atoms with van der Waals surface area (Å²) in [6, 6.07) is 9.99. The van der Waals surface area contributed by atoms with E-state index in [-0.39, 0.29) is 12.2 Å². The number of primary amides is 1. The summed E-state index contributed by atoms with van der Waals surface area (Å²) in [6.07, 6.45) is -2.28. The number of phenolic OH excluding ortho intramolecular Hbond substituents is 1. The highest BCUT2D eigenvalue weighted by Crippen LogP contribution is 2.48. The smallest absolute Gasteiger partial charge is 0.416 e. The third kappa shape index (κ3) is 3.60. The molecule has 0 heterocycles. The summed E-state index contributed by atoms with van der Waals surface area (Å²) in [7, 11) is 0. The number of aromatic hydroxyl groups is 1. The number of halogens is 3. The Morgan fingerprint density at radius 2 is 1.85 bits per heavy atom. The number of carbonyl (C=O) groups is 1. The van der Waals surface area contributed by atoms with Crippen molar-refractivity contribution in [2.75, 3.05) is 0 Å². The van der Waals surface area contributed by atoms with Crippen LogP contribution in [-0.4, -0.2) is 11.0 Å². The van der Waals surface area contributed by atoms with Crippen LogP contribution in [0.25, 0.3) is 17.2 Å². The topological polar surface area (TPSA) is 63.3 Å². The number of hydrogen-bond donors (Lipinski definition) is 2. The van der Waals surface area contributed by atoms with Gasteiger partial charge in [0.05, 0.1) is 12.0 Å². The number of carbonyl (C=O) groups excluding carboxylic acids is 1. The van der Waals surface area contributed by atoms with Crippen molar-refractivity contribution >= 4 is 23.1 Å². The summed E-state index contributed by atoms with van der Waals surface area (Å²) in [5.74, 6) is -0.521. The maximum atomic E-state index is 13.0. The lowest BCUT2D eigenvalue weighted by atomic mass is 9.97. The first-order valence-electron chi connectivity index (χ1n) is 8.44. The number of alkyl halides is 3. The summed E-state index contributed by atoms with van der Waals surface area (Å²) < 4.78 is 39.0. The minimum Gasteiger partial charge on any atom is -0.507 e. The van der Waals surface area contributed by atoms with Crippen molar-refractivity contribution in [1.82, 2.24) is 0 Å². The molecule has 0 saturated heterocycles. The van der Waals surface area contributed by atoms with Gasteiger partial charge in [-0.25, -0.2) is 0 Å². The molecule has 6 heteroatoms. The van der Waals surface area contributed by atoms with Crippen LogP contribution >= 0.6 is 0 Å².